The maximum atomic E-state index is 5.46. The molecule has 0 fully saturated rings. The highest BCUT2D eigenvalue weighted by atomic mass is 35.5. The second kappa shape index (κ2) is 3.31. The molecule has 1 N–H and O–H groups in total. The Kier molecular flexibility index (Phi) is 2.39. The average Bonchev–Trinajstić information content (AvgIpc) is 1.88. The quantitative estimate of drug-likeness (QED) is 0.697. The van der Waals surface area contributed by atoms with E-state index in [1.54, 1.807) is 0 Å². The highest BCUT2D eigenvalue weighted by molar-refractivity contribution is 6.28. The Morgan fingerprint density at radius 2 is 2.50 bits per heavy atom. The van der Waals surface area contributed by atoms with E-state index in [1.807, 2.05) is 6.92 Å². The van der Waals surface area contributed by atoms with Crippen molar-refractivity contribution in [3.8, 4) is 0 Å². The zero-order valence-electron chi connectivity index (χ0n) is 5.50. The summed E-state index contributed by atoms with van der Waals surface area (Å²) in [5, 5.41) is 10.2. The molecule has 0 saturated heterocycles. The molecule has 1 heterocycles. The van der Waals surface area contributed by atoms with E-state index >= 15 is 0 Å². The molecule has 10 heavy (non-hydrogen) atoms. The first-order valence-corrected chi connectivity index (χ1v) is 3.30. The molecule has 0 atom stereocenters. The summed E-state index contributed by atoms with van der Waals surface area (Å²) < 4.78 is 0. The number of anilines is 1. The fourth-order valence-electron chi connectivity index (χ4n) is 0.548. The van der Waals surface area contributed by atoms with Gasteiger partial charge in [0.2, 0.25) is 5.28 Å². The number of hydrogen-bond acceptors (Lipinski definition) is 4. The van der Waals surface area contributed by atoms with Crippen LogP contribution in [0.4, 0.5) is 5.82 Å². The Balaban J connectivity index is 2.75. The van der Waals surface area contributed by atoms with Gasteiger partial charge in [-0.2, -0.15) is 10.1 Å². The SMILES string of the molecule is CCNc1cnnc(Cl)n1. The van der Waals surface area contributed by atoms with Gasteiger partial charge in [0.25, 0.3) is 0 Å². The topological polar surface area (TPSA) is 50.7 Å². The fourth-order valence-corrected chi connectivity index (χ4v) is 0.683. The molecule has 0 bridgehead atoms. The van der Waals surface area contributed by atoms with Crippen molar-refractivity contribution in [1.82, 2.24) is 15.2 Å². The zero-order chi connectivity index (χ0) is 7.40. The van der Waals surface area contributed by atoms with Crippen LogP contribution in [0.2, 0.25) is 5.28 Å². The van der Waals surface area contributed by atoms with Gasteiger partial charge in [-0.3, -0.25) is 0 Å². The molecule has 0 aliphatic heterocycles. The second-order valence-corrected chi connectivity index (χ2v) is 1.98. The Morgan fingerprint density at radius 3 is 3.10 bits per heavy atom. The van der Waals surface area contributed by atoms with Crippen LogP contribution in [-0.2, 0) is 0 Å². The third kappa shape index (κ3) is 1.80. The summed E-state index contributed by atoms with van der Waals surface area (Å²) in [7, 11) is 0. The molecule has 0 aromatic carbocycles. The average molecular weight is 159 g/mol. The molecule has 0 spiro atoms. The highest BCUT2D eigenvalue weighted by Gasteiger charge is 1.93. The smallest absolute Gasteiger partial charge is 0.244 e. The Morgan fingerprint density at radius 1 is 1.70 bits per heavy atom. The predicted octanol–water partition coefficient (Wildman–Crippen LogP) is 0.957. The predicted molar refractivity (Wildman–Crippen MR) is 39.0 cm³/mol. The molecule has 4 nitrogen and oxygen atoms in total. The lowest BCUT2D eigenvalue weighted by molar-refractivity contribution is 0.963. The van der Waals surface area contributed by atoms with Gasteiger partial charge in [-0.25, -0.2) is 0 Å². The van der Waals surface area contributed by atoms with Gasteiger partial charge in [0.15, 0.2) is 0 Å². The molecular weight excluding hydrogens is 152 g/mol. The van der Waals surface area contributed by atoms with Crippen LogP contribution in [0.1, 0.15) is 6.92 Å². The maximum absolute atomic E-state index is 5.46. The molecule has 0 unspecified atom stereocenters. The first-order valence-electron chi connectivity index (χ1n) is 2.92. The van der Waals surface area contributed by atoms with E-state index in [0.717, 1.165) is 6.54 Å². The first-order chi connectivity index (χ1) is 4.83. The number of nitrogens with zero attached hydrogens (tertiary/aromatic N) is 3. The van der Waals surface area contributed by atoms with Crippen LogP contribution in [0.3, 0.4) is 0 Å². The number of aromatic nitrogens is 3. The van der Waals surface area contributed by atoms with E-state index < -0.39 is 0 Å². The Bertz CT molecular complexity index is 215. The van der Waals surface area contributed by atoms with Crippen molar-refractivity contribution in [2.45, 2.75) is 6.92 Å². The normalized spacial score (nSPS) is 9.40. The third-order valence-corrected chi connectivity index (χ3v) is 1.05. The summed E-state index contributed by atoms with van der Waals surface area (Å²) in [6.45, 7) is 2.77. The number of hydrogen-bond donors (Lipinski definition) is 1. The summed E-state index contributed by atoms with van der Waals surface area (Å²) in [5.74, 6) is 0.655. The van der Waals surface area contributed by atoms with Crippen LogP contribution >= 0.6 is 11.6 Å². The van der Waals surface area contributed by atoms with Crippen molar-refractivity contribution in [1.29, 1.82) is 0 Å². The van der Waals surface area contributed by atoms with Gasteiger partial charge in [-0.1, -0.05) is 0 Å². The molecule has 54 valence electrons. The van der Waals surface area contributed by atoms with Gasteiger partial charge in [0.05, 0.1) is 6.20 Å². The minimum atomic E-state index is 0.165. The Hall–Kier alpha value is -0.900. The molecule has 5 heteroatoms. The van der Waals surface area contributed by atoms with Crippen LogP contribution in [-0.4, -0.2) is 21.7 Å². The largest absolute Gasteiger partial charge is 0.369 e. The van der Waals surface area contributed by atoms with E-state index in [1.165, 1.54) is 6.20 Å². The lowest BCUT2D eigenvalue weighted by Crippen LogP contribution is -2.00. The highest BCUT2D eigenvalue weighted by Crippen LogP contribution is 2.02. The molecule has 0 aliphatic rings. The van der Waals surface area contributed by atoms with Gasteiger partial charge in [0, 0.05) is 6.54 Å². The van der Waals surface area contributed by atoms with Crippen molar-refractivity contribution in [2.24, 2.45) is 0 Å². The molecule has 1 rings (SSSR count). The van der Waals surface area contributed by atoms with Crippen molar-refractivity contribution < 1.29 is 0 Å². The van der Waals surface area contributed by atoms with Crippen LogP contribution in [0.5, 0.6) is 0 Å². The van der Waals surface area contributed by atoms with Crippen LogP contribution < -0.4 is 5.32 Å². The number of rotatable bonds is 2. The van der Waals surface area contributed by atoms with E-state index in [-0.39, 0.29) is 5.28 Å². The molecule has 1 aromatic rings. The molecule has 0 amide bonds. The summed E-state index contributed by atoms with van der Waals surface area (Å²) in [6, 6.07) is 0. The van der Waals surface area contributed by atoms with Gasteiger partial charge in [-0.05, 0) is 18.5 Å². The van der Waals surface area contributed by atoms with E-state index in [9.17, 15) is 0 Å². The molecule has 0 aliphatic carbocycles. The van der Waals surface area contributed by atoms with E-state index in [4.69, 9.17) is 11.6 Å². The van der Waals surface area contributed by atoms with Crippen molar-refractivity contribution in [3.63, 3.8) is 0 Å². The second-order valence-electron chi connectivity index (χ2n) is 1.64. The fraction of sp³-hybridized carbons (Fsp3) is 0.400. The molecule has 0 saturated carbocycles. The molecule has 1 aromatic heterocycles. The van der Waals surface area contributed by atoms with Crippen molar-refractivity contribution in [3.05, 3.63) is 11.5 Å². The van der Waals surface area contributed by atoms with Crippen LogP contribution in [0, 0.1) is 0 Å². The molecule has 0 radical (unpaired) electrons. The summed E-state index contributed by atoms with van der Waals surface area (Å²) in [5.41, 5.74) is 0. The van der Waals surface area contributed by atoms with Gasteiger partial charge in [-0.15, -0.1) is 5.10 Å². The van der Waals surface area contributed by atoms with E-state index in [2.05, 4.69) is 20.5 Å². The minimum Gasteiger partial charge on any atom is -0.369 e. The lowest BCUT2D eigenvalue weighted by Gasteiger charge is -1.98. The monoisotopic (exact) mass is 158 g/mol. The zero-order valence-corrected chi connectivity index (χ0v) is 6.26. The third-order valence-electron chi connectivity index (χ3n) is 0.891. The summed E-state index contributed by atoms with van der Waals surface area (Å²) in [4.78, 5) is 3.84. The van der Waals surface area contributed by atoms with Gasteiger partial charge in [0.1, 0.15) is 5.82 Å². The first kappa shape index (κ1) is 7.21. The summed E-state index contributed by atoms with van der Waals surface area (Å²) >= 11 is 5.46. The minimum absolute atomic E-state index is 0.165. The summed E-state index contributed by atoms with van der Waals surface area (Å²) in [6.07, 6.45) is 1.52. The number of halogens is 1. The lowest BCUT2D eigenvalue weighted by atomic mass is 10.6. The van der Waals surface area contributed by atoms with Crippen molar-refractivity contribution in [2.75, 3.05) is 11.9 Å². The van der Waals surface area contributed by atoms with Gasteiger partial charge >= 0.3 is 0 Å². The number of nitrogens with one attached hydrogen (secondary N) is 1. The van der Waals surface area contributed by atoms with E-state index in [0.29, 0.717) is 5.82 Å². The van der Waals surface area contributed by atoms with Crippen LogP contribution in [0.15, 0.2) is 6.20 Å². The molecular formula is C5H7ClN4. The maximum Gasteiger partial charge on any atom is 0.244 e. The van der Waals surface area contributed by atoms with Crippen molar-refractivity contribution >= 4 is 17.4 Å². The van der Waals surface area contributed by atoms with Crippen LogP contribution in [0.25, 0.3) is 0 Å². The standard InChI is InChI=1S/C5H7ClN4/c1-2-7-4-3-8-10-5(6)9-4/h3H,2H2,1H3,(H,7,9,10). The van der Waals surface area contributed by atoms with Gasteiger partial charge < -0.3 is 5.32 Å². The Labute approximate surface area is 63.6 Å².